The van der Waals surface area contributed by atoms with Gasteiger partial charge >= 0.3 is 0 Å². The zero-order valence-corrected chi connectivity index (χ0v) is 8.78. The Hall–Kier alpha value is 0.210. The van der Waals surface area contributed by atoms with Gasteiger partial charge in [0.25, 0.3) is 0 Å². The molecule has 0 saturated carbocycles. The van der Waals surface area contributed by atoms with Crippen LogP contribution >= 0.6 is 11.6 Å². The molecule has 0 amide bonds. The molecule has 0 aromatic carbocycles. The van der Waals surface area contributed by atoms with Crippen molar-refractivity contribution in [2.45, 2.75) is 45.0 Å². The first-order valence-electron chi connectivity index (χ1n) is 4.50. The maximum Gasteiger partial charge on any atom is 0.168 e. The van der Waals surface area contributed by atoms with Crippen molar-refractivity contribution in [3.05, 3.63) is 0 Å². The minimum absolute atomic E-state index is 0.284. The molecule has 0 radical (unpaired) electrons. The lowest BCUT2D eigenvalue weighted by molar-refractivity contribution is -0.184. The molecule has 1 rings (SSSR count). The highest BCUT2D eigenvalue weighted by Gasteiger charge is 2.45. The highest BCUT2D eigenvalue weighted by atomic mass is 35.5. The van der Waals surface area contributed by atoms with Gasteiger partial charge in [-0.3, -0.25) is 0 Å². The largest absolute Gasteiger partial charge is 0.347 e. The van der Waals surface area contributed by atoms with Crippen LogP contribution in [-0.2, 0) is 9.47 Å². The number of hydrogen-bond donors (Lipinski definition) is 0. The van der Waals surface area contributed by atoms with Gasteiger partial charge in [-0.05, 0) is 19.8 Å². The zero-order chi connectivity index (χ0) is 9.24. The smallest absolute Gasteiger partial charge is 0.168 e. The van der Waals surface area contributed by atoms with Gasteiger partial charge < -0.3 is 9.47 Å². The Morgan fingerprint density at radius 1 is 1.33 bits per heavy atom. The number of alkyl halides is 1. The van der Waals surface area contributed by atoms with E-state index in [1.807, 2.05) is 6.92 Å². The average molecular weight is 193 g/mol. The molecule has 72 valence electrons. The average Bonchev–Trinajstić information content (AvgIpc) is 2.46. The molecule has 1 atom stereocenters. The fourth-order valence-electron chi connectivity index (χ4n) is 1.46. The Morgan fingerprint density at radius 2 is 1.92 bits per heavy atom. The third kappa shape index (κ3) is 1.76. The van der Waals surface area contributed by atoms with Gasteiger partial charge in [-0.25, -0.2) is 0 Å². The molecule has 0 unspecified atom stereocenters. The second-order valence-corrected chi connectivity index (χ2v) is 3.86. The number of rotatable bonds is 3. The lowest BCUT2D eigenvalue weighted by Gasteiger charge is -2.27. The fourth-order valence-corrected chi connectivity index (χ4v) is 1.59. The summed E-state index contributed by atoms with van der Waals surface area (Å²) in [5.74, 6) is 0.123. The quantitative estimate of drug-likeness (QED) is 0.640. The van der Waals surface area contributed by atoms with E-state index in [0.717, 1.165) is 12.8 Å². The van der Waals surface area contributed by atoms with Gasteiger partial charge in [-0.2, -0.15) is 0 Å². The van der Waals surface area contributed by atoms with Gasteiger partial charge in [0.15, 0.2) is 5.79 Å². The van der Waals surface area contributed by atoms with Crippen molar-refractivity contribution >= 4 is 11.6 Å². The molecule has 1 fully saturated rings. The van der Waals surface area contributed by atoms with Crippen LogP contribution in [-0.4, -0.2) is 23.9 Å². The normalized spacial score (nSPS) is 34.0. The molecule has 0 aromatic heterocycles. The SMILES string of the molecule is CCC1(CC)OC[C@@](C)(CCl)O1. The summed E-state index contributed by atoms with van der Waals surface area (Å²) >= 11 is 5.79. The summed E-state index contributed by atoms with van der Waals surface area (Å²) in [5, 5.41) is 0. The molecule has 0 bridgehead atoms. The fraction of sp³-hybridized carbons (Fsp3) is 1.00. The molecule has 1 heterocycles. The first-order chi connectivity index (χ1) is 5.60. The van der Waals surface area contributed by atoms with Gasteiger partial charge in [0, 0.05) is 0 Å². The second-order valence-electron chi connectivity index (χ2n) is 3.59. The standard InChI is InChI=1S/C9H17ClO2/c1-4-9(5-2)11-7-8(3,6-10)12-9/h4-7H2,1-3H3/t8-/m1/s1. The maximum absolute atomic E-state index is 5.83. The van der Waals surface area contributed by atoms with Crippen molar-refractivity contribution in [3.8, 4) is 0 Å². The molecule has 1 aliphatic rings. The summed E-state index contributed by atoms with van der Waals surface area (Å²) in [6, 6.07) is 0. The summed E-state index contributed by atoms with van der Waals surface area (Å²) in [6.07, 6.45) is 1.77. The van der Waals surface area contributed by atoms with E-state index < -0.39 is 0 Å². The van der Waals surface area contributed by atoms with Crippen LogP contribution in [0.2, 0.25) is 0 Å². The summed E-state index contributed by atoms with van der Waals surface area (Å²) in [5.41, 5.74) is -0.284. The minimum Gasteiger partial charge on any atom is -0.347 e. The van der Waals surface area contributed by atoms with Crippen LogP contribution < -0.4 is 0 Å². The van der Waals surface area contributed by atoms with Gasteiger partial charge in [-0.1, -0.05) is 13.8 Å². The predicted molar refractivity (Wildman–Crippen MR) is 49.5 cm³/mol. The molecule has 0 N–H and O–H groups in total. The Balaban J connectivity index is 2.64. The van der Waals surface area contributed by atoms with E-state index in [1.54, 1.807) is 0 Å². The monoisotopic (exact) mass is 192 g/mol. The van der Waals surface area contributed by atoms with Crippen LogP contribution in [0.1, 0.15) is 33.6 Å². The third-order valence-corrected chi connectivity index (χ3v) is 3.00. The number of halogens is 1. The van der Waals surface area contributed by atoms with Crippen molar-refractivity contribution in [2.24, 2.45) is 0 Å². The highest BCUT2D eigenvalue weighted by Crippen LogP contribution is 2.36. The van der Waals surface area contributed by atoms with Gasteiger partial charge in [-0.15, -0.1) is 11.6 Å². The van der Waals surface area contributed by atoms with Gasteiger partial charge in [0.1, 0.15) is 5.60 Å². The Morgan fingerprint density at radius 3 is 2.17 bits per heavy atom. The number of hydrogen-bond acceptors (Lipinski definition) is 2. The summed E-state index contributed by atoms with van der Waals surface area (Å²) in [4.78, 5) is 0. The molecule has 0 spiro atoms. The number of ether oxygens (including phenoxy) is 2. The molecule has 1 saturated heterocycles. The van der Waals surface area contributed by atoms with Crippen LogP contribution in [0.3, 0.4) is 0 Å². The van der Waals surface area contributed by atoms with Crippen molar-refractivity contribution in [3.63, 3.8) is 0 Å². The van der Waals surface area contributed by atoms with E-state index in [0.29, 0.717) is 12.5 Å². The molecule has 1 aliphatic heterocycles. The second kappa shape index (κ2) is 3.52. The topological polar surface area (TPSA) is 18.5 Å². The molecule has 3 heteroatoms. The first-order valence-corrected chi connectivity index (χ1v) is 5.03. The molecule has 0 aromatic rings. The predicted octanol–water partition coefficient (Wildman–Crippen LogP) is 2.55. The summed E-state index contributed by atoms with van der Waals surface area (Å²) < 4.78 is 11.5. The van der Waals surface area contributed by atoms with Gasteiger partial charge in [0.2, 0.25) is 0 Å². The van der Waals surface area contributed by atoms with E-state index >= 15 is 0 Å². The van der Waals surface area contributed by atoms with Crippen LogP contribution in [0, 0.1) is 0 Å². The first kappa shape index (κ1) is 10.3. The summed E-state index contributed by atoms with van der Waals surface area (Å²) in [6.45, 7) is 6.75. The van der Waals surface area contributed by atoms with E-state index in [9.17, 15) is 0 Å². The lowest BCUT2D eigenvalue weighted by Crippen LogP contribution is -2.35. The molecule has 0 aliphatic carbocycles. The van der Waals surface area contributed by atoms with E-state index in [2.05, 4.69) is 13.8 Å². The van der Waals surface area contributed by atoms with E-state index in [4.69, 9.17) is 21.1 Å². The molecular weight excluding hydrogens is 176 g/mol. The molecule has 12 heavy (non-hydrogen) atoms. The molecular formula is C9H17ClO2. The van der Waals surface area contributed by atoms with Crippen LogP contribution in [0.4, 0.5) is 0 Å². The Kier molecular flexibility index (Phi) is 3.02. The zero-order valence-electron chi connectivity index (χ0n) is 8.02. The lowest BCUT2D eigenvalue weighted by atomic mass is 10.1. The van der Waals surface area contributed by atoms with Crippen LogP contribution in [0.25, 0.3) is 0 Å². The van der Waals surface area contributed by atoms with Crippen molar-refractivity contribution < 1.29 is 9.47 Å². The Labute approximate surface area is 79.2 Å². The van der Waals surface area contributed by atoms with E-state index in [1.165, 1.54) is 0 Å². The maximum atomic E-state index is 5.83. The summed E-state index contributed by atoms with van der Waals surface area (Å²) in [7, 11) is 0. The van der Waals surface area contributed by atoms with Crippen molar-refractivity contribution in [1.29, 1.82) is 0 Å². The minimum atomic E-state index is -0.371. The van der Waals surface area contributed by atoms with Crippen LogP contribution in [0.5, 0.6) is 0 Å². The van der Waals surface area contributed by atoms with Crippen molar-refractivity contribution in [1.82, 2.24) is 0 Å². The van der Waals surface area contributed by atoms with Crippen molar-refractivity contribution in [2.75, 3.05) is 12.5 Å². The van der Waals surface area contributed by atoms with E-state index in [-0.39, 0.29) is 11.4 Å². The third-order valence-electron chi connectivity index (χ3n) is 2.43. The Bertz CT molecular complexity index is 157. The highest BCUT2D eigenvalue weighted by molar-refractivity contribution is 6.18. The van der Waals surface area contributed by atoms with Crippen LogP contribution in [0.15, 0.2) is 0 Å². The van der Waals surface area contributed by atoms with Gasteiger partial charge in [0.05, 0.1) is 12.5 Å². The molecule has 2 nitrogen and oxygen atoms in total.